The molecule has 2 aromatic rings. The Hall–Kier alpha value is -2.82. The fourth-order valence-corrected chi connectivity index (χ4v) is 7.14. The Balaban J connectivity index is 1.32. The molecular formula is C27H32N2O3. The topological polar surface area (TPSA) is 78.4 Å². The van der Waals surface area contributed by atoms with Gasteiger partial charge >= 0.3 is 12.0 Å². The van der Waals surface area contributed by atoms with Crippen LogP contribution < -0.4 is 10.6 Å². The van der Waals surface area contributed by atoms with Crippen molar-refractivity contribution in [2.24, 2.45) is 11.8 Å². The lowest BCUT2D eigenvalue weighted by atomic mass is 9.45. The Labute approximate surface area is 189 Å². The molecule has 2 aromatic carbocycles. The number of rotatable bonds is 6. The van der Waals surface area contributed by atoms with Crippen LogP contribution in [0.1, 0.15) is 55.2 Å². The highest BCUT2D eigenvalue weighted by Gasteiger charge is 2.58. The summed E-state index contributed by atoms with van der Waals surface area (Å²) in [7, 11) is 0. The minimum absolute atomic E-state index is 0.126. The van der Waals surface area contributed by atoms with Crippen LogP contribution in [-0.2, 0) is 16.6 Å². The Morgan fingerprint density at radius 1 is 1.00 bits per heavy atom. The third kappa shape index (κ3) is 4.01. The molecule has 4 saturated carbocycles. The van der Waals surface area contributed by atoms with Gasteiger partial charge in [0.15, 0.2) is 0 Å². The monoisotopic (exact) mass is 432 g/mol. The van der Waals surface area contributed by atoms with Gasteiger partial charge in [0.2, 0.25) is 0 Å². The first-order valence-electron chi connectivity index (χ1n) is 11.8. The summed E-state index contributed by atoms with van der Waals surface area (Å²) < 4.78 is 0. The number of amides is 2. The van der Waals surface area contributed by atoms with Crippen LogP contribution in [0.25, 0.3) is 0 Å². The average molecular weight is 433 g/mol. The summed E-state index contributed by atoms with van der Waals surface area (Å²) in [5.41, 5.74) is 3.45. The molecule has 6 rings (SSSR count). The van der Waals surface area contributed by atoms with Gasteiger partial charge in [-0.15, -0.1) is 0 Å². The molecule has 4 bridgehead atoms. The van der Waals surface area contributed by atoms with Crippen molar-refractivity contribution in [2.75, 3.05) is 0 Å². The molecule has 0 unspecified atom stereocenters. The summed E-state index contributed by atoms with van der Waals surface area (Å²) in [6.45, 7) is 2.12. The van der Waals surface area contributed by atoms with Gasteiger partial charge in [0.25, 0.3) is 0 Å². The number of nitrogens with one attached hydrogen (secondary N) is 2. The minimum Gasteiger partial charge on any atom is -0.480 e. The fourth-order valence-electron chi connectivity index (χ4n) is 7.14. The number of hydrogen-bond donors (Lipinski definition) is 3. The highest BCUT2D eigenvalue weighted by molar-refractivity contribution is 5.83. The van der Waals surface area contributed by atoms with E-state index in [9.17, 15) is 14.7 Å². The zero-order valence-electron chi connectivity index (χ0n) is 18.6. The van der Waals surface area contributed by atoms with Gasteiger partial charge in [-0.05, 0) is 73.8 Å². The number of aliphatic carboxylic acids is 1. The zero-order chi connectivity index (χ0) is 22.3. The molecule has 0 aliphatic heterocycles. The molecule has 5 heteroatoms. The maximum absolute atomic E-state index is 13.0. The molecule has 3 N–H and O–H groups in total. The van der Waals surface area contributed by atoms with Crippen LogP contribution in [0.5, 0.6) is 0 Å². The second kappa shape index (κ2) is 7.95. The molecule has 0 spiro atoms. The molecule has 4 aliphatic rings. The lowest BCUT2D eigenvalue weighted by Gasteiger charge is -2.62. The van der Waals surface area contributed by atoms with Crippen molar-refractivity contribution in [3.8, 4) is 0 Å². The predicted molar refractivity (Wildman–Crippen MR) is 124 cm³/mol. The number of carboxylic acids is 1. The van der Waals surface area contributed by atoms with E-state index >= 15 is 0 Å². The molecule has 0 heterocycles. The molecule has 2 amide bonds. The summed E-state index contributed by atoms with van der Waals surface area (Å²) in [5.74, 6) is 0.237. The molecule has 168 valence electrons. The molecule has 0 saturated heterocycles. The van der Waals surface area contributed by atoms with Crippen molar-refractivity contribution in [3.05, 3.63) is 71.3 Å². The molecular weight excluding hydrogens is 400 g/mol. The van der Waals surface area contributed by atoms with Gasteiger partial charge in [-0.2, -0.15) is 0 Å². The number of carbonyl (C=O) groups is 2. The van der Waals surface area contributed by atoms with E-state index in [1.165, 1.54) is 30.4 Å². The summed E-state index contributed by atoms with van der Waals surface area (Å²) in [5, 5.41) is 15.7. The molecule has 4 aliphatic carbocycles. The Bertz CT molecular complexity index is 987. The second-order valence-electron chi connectivity index (χ2n) is 10.6. The lowest BCUT2D eigenvalue weighted by molar-refractivity contribution is -0.139. The summed E-state index contributed by atoms with van der Waals surface area (Å²) in [6, 6.07) is 17.1. The quantitative estimate of drug-likeness (QED) is 0.625. The van der Waals surface area contributed by atoms with E-state index < -0.39 is 12.0 Å². The van der Waals surface area contributed by atoms with Crippen LogP contribution >= 0.6 is 0 Å². The van der Waals surface area contributed by atoms with Gasteiger partial charge < -0.3 is 15.7 Å². The average Bonchev–Trinajstić information content (AvgIpc) is 2.73. The second-order valence-corrected chi connectivity index (χ2v) is 10.6. The van der Waals surface area contributed by atoms with Crippen molar-refractivity contribution in [1.82, 2.24) is 10.6 Å². The summed E-state index contributed by atoms with van der Waals surface area (Å²) >= 11 is 0. The zero-order valence-corrected chi connectivity index (χ0v) is 18.6. The number of hydrogen-bond acceptors (Lipinski definition) is 2. The van der Waals surface area contributed by atoms with E-state index in [2.05, 4.69) is 41.8 Å². The summed E-state index contributed by atoms with van der Waals surface area (Å²) in [4.78, 5) is 24.9. The van der Waals surface area contributed by atoms with Crippen LogP contribution in [0.4, 0.5) is 4.79 Å². The number of carbonyl (C=O) groups excluding carboxylic acids is 1. The molecule has 32 heavy (non-hydrogen) atoms. The number of aryl methyl sites for hydroxylation is 1. The van der Waals surface area contributed by atoms with Crippen LogP contribution in [0.15, 0.2) is 54.6 Å². The fraction of sp³-hybridized carbons (Fsp3) is 0.481. The molecule has 0 radical (unpaired) electrons. The van der Waals surface area contributed by atoms with E-state index in [0.29, 0.717) is 11.8 Å². The maximum atomic E-state index is 13.0. The normalized spacial score (nSPS) is 31.2. The largest absolute Gasteiger partial charge is 0.480 e. The van der Waals surface area contributed by atoms with Gasteiger partial charge in [-0.1, -0.05) is 60.2 Å². The SMILES string of the molecule is Cc1ccc(C23C[C@H]4C[C@@H](CC(NC(=O)N[C@@H](Cc5ccccc5)C(=O)O)(C4)C2)C3)cc1. The minimum atomic E-state index is -1.01. The van der Waals surface area contributed by atoms with Crippen molar-refractivity contribution in [2.45, 2.75) is 68.9 Å². The number of urea groups is 1. The van der Waals surface area contributed by atoms with Gasteiger partial charge in [0.05, 0.1) is 0 Å². The van der Waals surface area contributed by atoms with Crippen molar-refractivity contribution in [3.63, 3.8) is 0 Å². The first-order valence-corrected chi connectivity index (χ1v) is 11.8. The lowest BCUT2D eigenvalue weighted by Crippen LogP contribution is -2.66. The smallest absolute Gasteiger partial charge is 0.326 e. The highest BCUT2D eigenvalue weighted by Crippen LogP contribution is 2.62. The van der Waals surface area contributed by atoms with E-state index in [4.69, 9.17) is 0 Å². The van der Waals surface area contributed by atoms with Crippen LogP contribution in [-0.4, -0.2) is 28.7 Å². The van der Waals surface area contributed by atoms with Crippen molar-refractivity contribution < 1.29 is 14.7 Å². The molecule has 4 fully saturated rings. The Morgan fingerprint density at radius 3 is 2.28 bits per heavy atom. The Morgan fingerprint density at radius 2 is 1.66 bits per heavy atom. The van der Waals surface area contributed by atoms with Crippen LogP contribution in [0.3, 0.4) is 0 Å². The van der Waals surface area contributed by atoms with E-state index in [-0.39, 0.29) is 23.4 Å². The molecule has 3 atom stereocenters. The van der Waals surface area contributed by atoms with E-state index in [0.717, 1.165) is 24.8 Å². The van der Waals surface area contributed by atoms with E-state index in [1.54, 1.807) is 0 Å². The number of benzene rings is 2. The van der Waals surface area contributed by atoms with Gasteiger partial charge in [0, 0.05) is 12.0 Å². The van der Waals surface area contributed by atoms with Crippen molar-refractivity contribution in [1.29, 1.82) is 0 Å². The van der Waals surface area contributed by atoms with E-state index in [1.807, 2.05) is 30.3 Å². The molecule has 5 nitrogen and oxygen atoms in total. The third-order valence-electron chi connectivity index (χ3n) is 7.99. The van der Waals surface area contributed by atoms with Gasteiger partial charge in [-0.25, -0.2) is 9.59 Å². The standard InChI is InChI=1S/C27H32N2O3/c1-18-7-9-22(10-8-18)26-13-20-11-21(14-26)16-27(15-20,17-26)29-25(32)28-23(24(30)31)12-19-5-3-2-4-6-19/h2-10,20-21,23H,11-17H2,1H3,(H,30,31)(H2,28,29,32)/t20-,21-,23+,26?,27?/m1/s1. The predicted octanol–water partition coefficient (Wildman–Crippen LogP) is 4.58. The van der Waals surface area contributed by atoms with Crippen molar-refractivity contribution >= 4 is 12.0 Å². The molecule has 0 aromatic heterocycles. The first kappa shape index (κ1) is 21.0. The summed E-state index contributed by atoms with van der Waals surface area (Å²) in [6.07, 6.45) is 6.87. The maximum Gasteiger partial charge on any atom is 0.326 e. The number of carboxylic acid groups (broad SMARTS) is 1. The van der Waals surface area contributed by atoms with Gasteiger partial charge in [0.1, 0.15) is 6.04 Å². The van der Waals surface area contributed by atoms with Gasteiger partial charge in [-0.3, -0.25) is 0 Å². The third-order valence-corrected chi connectivity index (χ3v) is 7.99. The van der Waals surface area contributed by atoms with Crippen LogP contribution in [0.2, 0.25) is 0 Å². The first-order chi connectivity index (χ1) is 15.3. The Kier molecular flexibility index (Phi) is 5.23. The highest BCUT2D eigenvalue weighted by atomic mass is 16.4. The van der Waals surface area contributed by atoms with Crippen LogP contribution in [0, 0.1) is 18.8 Å².